The van der Waals surface area contributed by atoms with Gasteiger partial charge in [-0.1, -0.05) is 6.42 Å². The number of hydrogen-bond acceptors (Lipinski definition) is 4. The number of halogens is 1. The van der Waals surface area contributed by atoms with E-state index in [1.807, 2.05) is 0 Å². The maximum absolute atomic E-state index is 12.9. The first-order chi connectivity index (χ1) is 10.4. The Morgan fingerprint density at radius 2 is 2.05 bits per heavy atom. The molecule has 0 aromatic heterocycles. The first-order valence-corrected chi connectivity index (χ1v) is 8.32. The Morgan fingerprint density at radius 1 is 1.32 bits per heavy atom. The van der Waals surface area contributed by atoms with Gasteiger partial charge in [0.05, 0.1) is 0 Å². The third-order valence-corrected chi connectivity index (χ3v) is 3.28. The molecule has 124 valence electrons. The lowest BCUT2D eigenvalue weighted by atomic mass is 10.1. The maximum atomic E-state index is 12.9. The lowest BCUT2D eigenvalue weighted by Gasteiger charge is -2.11. The van der Waals surface area contributed by atoms with E-state index in [0.29, 0.717) is 13.1 Å². The minimum Gasteiger partial charge on any atom is -0.404 e. The summed E-state index contributed by atoms with van der Waals surface area (Å²) < 4.78 is 28.1. The first-order valence-electron chi connectivity index (χ1n) is 6.79. The van der Waals surface area contributed by atoms with Gasteiger partial charge in [0, 0.05) is 17.7 Å². The normalized spacial score (nSPS) is 11.3. The highest BCUT2D eigenvalue weighted by Crippen LogP contribution is 2.39. The summed E-state index contributed by atoms with van der Waals surface area (Å²) in [6.07, 6.45) is 2.58. The molecule has 0 bridgehead atoms. The summed E-state index contributed by atoms with van der Waals surface area (Å²) in [7, 11) is -4.77. The van der Waals surface area contributed by atoms with Crippen LogP contribution < -0.4 is 15.6 Å². The van der Waals surface area contributed by atoms with Crippen molar-refractivity contribution < 1.29 is 28.1 Å². The van der Waals surface area contributed by atoms with Crippen molar-refractivity contribution in [3.63, 3.8) is 0 Å². The molecule has 9 heteroatoms. The zero-order valence-electron chi connectivity index (χ0n) is 12.0. The van der Waals surface area contributed by atoms with E-state index >= 15 is 0 Å². The summed E-state index contributed by atoms with van der Waals surface area (Å²) in [6, 6.07) is 3.69. The van der Waals surface area contributed by atoms with Crippen molar-refractivity contribution >= 4 is 13.7 Å². The van der Waals surface area contributed by atoms with Gasteiger partial charge in [-0.25, -0.2) is 8.96 Å². The molecule has 5 N–H and O–H groups in total. The number of rotatable bonds is 9. The number of hydrogen-bond donors (Lipinski definition) is 4. The fourth-order valence-corrected chi connectivity index (χ4v) is 2.23. The maximum Gasteiger partial charge on any atom is 0.524 e. The lowest BCUT2D eigenvalue weighted by molar-refractivity contribution is 0.0953. The molecule has 0 fully saturated rings. The molecular weight excluding hydrogens is 314 g/mol. The van der Waals surface area contributed by atoms with Crippen molar-refractivity contribution in [2.24, 2.45) is 5.73 Å². The van der Waals surface area contributed by atoms with E-state index in [2.05, 4.69) is 9.84 Å². The van der Waals surface area contributed by atoms with Crippen molar-refractivity contribution in [3.05, 3.63) is 29.3 Å². The topological polar surface area (TPSA) is 122 Å². The average molecular weight is 334 g/mol. The van der Waals surface area contributed by atoms with E-state index in [4.69, 9.17) is 15.5 Å². The van der Waals surface area contributed by atoms with Crippen LogP contribution in [0.2, 0.25) is 0 Å². The Hall–Kier alpha value is -1.47. The highest BCUT2D eigenvalue weighted by molar-refractivity contribution is 7.46. The van der Waals surface area contributed by atoms with Crippen LogP contribution in [0.5, 0.6) is 5.75 Å². The van der Waals surface area contributed by atoms with Gasteiger partial charge in [-0.15, -0.1) is 0 Å². The molecule has 1 aromatic rings. The predicted octanol–water partition coefficient (Wildman–Crippen LogP) is 1.49. The standard InChI is InChI=1S/C13H20FN2O5P/c14-9-11-8-10(4-5-12(11)21-22(18,19)20)13(17)16-7-3-1-2-6-15/h4-5,8H,1-3,6-7,9,15H2,(H,16,17)(H2,18,19,20). The molecule has 0 saturated heterocycles. The quantitative estimate of drug-likeness (QED) is 0.401. The third-order valence-electron chi connectivity index (χ3n) is 2.85. The average Bonchev–Trinajstić information content (AvgIpc) is 2.45. The Labute approximate surface area is 127 Å². The van der Waals surface area contributed by atoms with Crippen molar-refractivity contribution in [2.75, 3.05) is 13.1 Å². The molecule has 7 nitrogen and oxygen atoms in total. The van der Waals surface area contributed by atoms with Gasteiger partial charge in [-0.05, 0) is 37.6 Å². The number of benzene rings is 1. The number of amides is 1. The van der Waals surface area contributed by atoms with E-state index in [0.717, 1.165) is 25.3 Å². The minimum absolute atomic E-state index is 0.0980. The second-order valence-corrected chi connectivity index (χ2v) is 5.81. The van der Waals surface area contributed by atoms with Gasteiger partial charge in [-0.3, -0.25) is 14.6 Å². The Morgan fingerprint density at radius 3 is 2.64 bits per heavy atom. The number of carbonyl (C=O) groups excluding carboxylic acids is 1. The van der Waals surface area contributed by atoms with Crippen LogP contribution in [0.15, 0.2) is 18.2 Å². The minimum atomic E-state index is -4.77. The largest absolute Gasteiger partial charge is 0.524 e. The Bertz CT molecular complexity index is 549. The summed E-state index contributed by atoms with van der Waals surface area (Å²) in [6.45, 7) is 0.0757. The van der Waals surface area contributed by atoms with Crippen LogP contribution in [0.1, 0.15) is 35.2 Å². The fourth-order valence-electron chi connectivity index (χ4n) is 1.79. The predicted molar refractivity (Wildman–Crippen MR) is 79.2 cm³/mol. The zero-order chi connectivity index (χ0) is 16.6. The van der Waals surface area contributed by atoms with Crippen LogP contribution in [0.3, 0.4) is 0 Å². The van der Waals surface area contributed by atoms with E-state index in [-0.39, 0.29) is 22.8 Å². The number of phosphoric acid groups is 1. The van der Waals surface area contributed by atoms with Crippen LogP contribution in [-0.2, 0) is 11.2 Å². The van der Waals surface area contributed by atoms with Crippen molar-refractivity contribution in [3.8, 4) is 5.75 Å². The number of nitrogens with one attached hydrogen (secondary N) is 1. The zero-order valence-corrected chi connectivity index (χ0v) is 12.9. The van der Waals surface area contributed by atoms with Gasteiger partial charge in [0.15, 0.2) is 0 Å². The molecule has 0 aliphatic carbocycles. The van der Waals surface area contributed by atoms with Gasteiger partial charge in [-0.2, -0.15) is 0 Å². The molecule has 0 aliphatic heterocycles. The monoisotopic (exact) mass is 334 g/mol. The van der Waals surface area contributed by atoms with E-state index < -0.39 is 14.5 Å². The number of phosphoric ester groups is 1. The first kappa shape index (κ1) is 18.6. The molecule has 0 saturated carbocycles. The summed E-state index contributed by atoms with van der Waals surface area (Å²) in [4.78, 5) is 29.4. The number of unbranched alkanes of at least 4 members (excludes halogenated alkanes) is 2. The summed E-state index contributed by atoms with van der Waals surface area (Å²) in [5.41, 5.74) is 5.46. The number of alkyl halides is 1. The van der Waals surface area contributed by atoms with E-state index in [1.54, 1.807) is 0 Å². The van der Waals surface area contributed by atoms with Gasteiger partial charge >= 0.3 is 7.82 Å². The second kappa shape index (κ2) is 8.85. The van der Waals surface area contributed by atoms with Crippen LogP contribution in [0.4, 0.5) is 4.39 Å². The van der Waals surface area contributed by atoms with Crippen molar-refractivity contribution in [2.45, 2.75) is 25.9 Å². The van der Waals surface area contributed by atoms with Crippen LogP contribution >= 0.6 is 7.82 Å². The van der Waals surface area contributed by atoms with Gasteiger partial charge in [0.1, 0.15) is 12.4 Å². The van der Waals surface area contributed by atoms with Gasteiger partial charge in [0.25, 0.3) is 5.91 Å². The summed E-state index contributed by atoms with van der Waals surface area (Å²) in [5.74, 6) is -0.666. The molecule has 0 heterocycles. The molecular formula is C13H20FN2O5P. The Balaban J connectivity index is 2.68. The molecule has 22 heavy (non-hydrogen) atoms. The van der Waals surface area contributed by atoms with Crippen LogP contribution in [0, 0.1) is 0 Å². The fraction of sp³-hybridized carbons (Fsp3) is 0.462. The van der Waals surface area contributed by atoms with E-state index in [9.17, 15) is 13.8 Å². The van der Waals surface area contributed by atoms with E-state index in [1.165, 1.54) is 12.1 Å². The molecule has 0 spiro atoms. The van der Waals surface area contributed by atoms with Crippen molar-refractivity contribution in [1.82, 2.24) is 5.32 Å². The Kier molecular flexibility index (Phi) is 7.47. The molecule has 0 radical (unpaired) electrons. The second-order valence-electron chi connectivity index (χ2n) is 4.64. The van der Waals surface area contributed by atoms with Crippen LogP contribution in [0.25, 0.3) is 0 Å². The molecule has 1 amide bonds. The summed E-state index contributed by atoms with van der Waals surface area (Å²) >= 11 is 0. The lowest BCUT2D eigenvalue weighted by Crippen LogP contribution is -2.24. The molecule has 0 atom stereocenters. The number of carbonyl (C=O) groups is 1. The smallest absolute Gasteiger partial charge is 0.404 e. The molecule has 1 rings (SSSR count). The van der Waals surface area contributed by atoms with Crippen molar-refractivity contribution in [1.29, 1.82) is 0 Å². The highest BCUT2D eigenvalue weighted by Gasteiger charge is 2.19. The van der Waals surface area contributed by atoms with Gasteiger partial charge < -0.3 is 15.6 Å². The SMILES string of the molecule is NCCCCCNC(=O)c1ccc(OP(=O)(O)O)c(CF)c1. The van der Waals surface area contributed by atoms with Crippen LogP contribution in [-0.4, -0.2) is 28.8 Å². The number of nitrogens with two attached hydrogens (primary N) is 1. The highest BCUT2D eigenvalue weighted by atomic mass is 31.2. The van der Waals surface area contributed by atoms with Gasteiger partial charge in [0.2, 0.25) is 0 Å². The summed E-state index contributed by atoms with van der Waals surface area (Å²) in [5, 5.41) is 2.68. The molecule has 0 unspecified atom stereocenters. The molecule has 0 aliphatic rings. The third kappa shape index (κ3) is 6.53. The molecule has 1 aromatic carbocycles.